The van der Waals surface area contributed by atoms with E-state index in [2.05, 4.69) is 29.5 Å². The van der Waals surface area contributed by atoms with Gasteiger partial charge in [0, 0.05) is 12.1 Å². The van der Waals surface area contributed by atoms with E-state index in [0.717, 1.165) is 12.1 Å². The Morgan fingerprint density at radius 1 is 1.48 bits per heavy atom. The van der Waals surface area contributed by atoms with Crippen LogP contribution in [0.4, 0.5) is 5.69 Å². The van der Waals surface area contributed by atoms with Crippen LogP contribution in [0.3, 0.4) is 0 Å². The SMILES string of the molecule is CCC(C)Nc1ccc(C(=O)NC2CCS(=O)(=O)C2)nc1. The maximum absolute atomic E-state index is 12.0. The van der Waals surface area contributed by atoms with Crippen LogP contribution in [-0.4, -0.2) is 42.9 Å². The third-order valence-corrected chi connectivity index (χ3v) is 5.36. The Kier molecular flexibility index (Phi) is 4.82. The van der Waals surface area contributed by atoms with Crippen molar-refractivity contribution >= 4 is 21.4 Å². The van der Waals surface area contributed by atoms with Crippen LogP contribution in [0.15, 0.2) is 18.3 Å². The lowest BCUT2D eigenvalue weighted by molar-refractivity contribution is 0.0936. The van der Waals surface area contributed by atoms with E-state index in [1.54, 1.807) is 18.3 Å². The molecule has 1 fully saturated rings. The van der Waals surface area contributed by atoms with Gasteiger partial charge in [0.1, 0.15) is 5.69 Å². The number of carbonyl (C=O) groups is 1. The average Bonchev–Trinajstić information content (AvgIpc) is 2.78. The summed E-state index contributed by atoms with van der Waals surface area (Å²) in [7, 11) is -2.99. The maximum Gasteiger partial charge on any atom is 0.270 e. The van der Waals surface area contributed by atoms with Gasteiger partial charge < -0.3 is 10.6 Å². The maximum atomic E-state index is 12.0. The molecule has 0 aliphatic carbocycles. The second-order valence-electron chi connectivity index (χ2n) is 5.46. The van der Waals surface area contributed by atoms with E-state index < -0.39 is 9.84 Å². The quantitative estimate of drug-likeness (QED) is 0.853. The zero-order chi connectivity index (χ0) is 15.5. The third kappa shape index (κ3) is 4.42. The fourth-order valence-electron chi connectivity index (χ4n) is 2.17. The number of anilines is 1. The largest absolute Gasteiger partial charge is 0.381 e. The second-order valence-corrected chi connectivity index (χ2v) is 7.69. The third-order valence-electron chi connectivity index (χ3n) is 3.59. The van der Waals surface area contributed by atoms with Crippen molar-refractivity contribution in [2.75, 3.05) is 16.8 Å². The fourth-order valence-corrected chi connectivity index (χ4v) is 3.84. The van der Waals surface area contributed by atoms with Crippen LogP contribution in [0.5, 0.6) is 0 Å². The van der Waals surface area contributed by atoms with E-state index in [-0.39, 0.29) is 23.5 Å². The number of aromatic nitrogens is 1. The molecule has 1 amide bonds. The van der Waals surface area contributed by atoms with Gasteiger partial charge in [-0.05, 0) is 31.9 Å². The molecular formula is C14H21N3O3S. The van der Waals surface area contributed by atoms with Gasteiger partial charge in [-0.15, -0.1) is 0 Å². The van der Waals surface area contributed by atoms with Crippen LogP contribution in [-0.2, 0) is 9.84 Å². The van der Waals surface area contributed by atoms with Crippen molar-refractivity contribution in [1.29, 1.82) is 0 Å². The number of rotatable bonds is 5. The summed E-state index contributed by atoms with van der Waals surface area (Å²) in [5.41, 5.74) is 1.17. The summed E-state index contributed by atoms with van der Waals surface area (Å²) in [4.78, 5) is 16.1. The molecular weight excluding hydrogens is 290 g/mol. The topological polar surface area (TPSA) is 88.2 Å². The van der Waals surface area contributed by atoms with Crippen LogP contribution >= 0.6 is 0 Å². The Morgan fingerprint density at radius 3 is 2.76 bits per heavy atom. The summed E-state index contributed by atoms with van der Waals surface area (Å²) in [6.45, 7) is 4.16. The number of amides is 1. The van der Waals surface area contributed by atoms with Crippen LogP contribution in [0, 0.1) is 0 Å². The monoisotopic (exact) mass is 311 g/mol. The number of sulfone groups is 1. The molecule has 1 aliphatic heterocycles. The van der Waals surface area contributed by atoms with Crippen molar-refractivity contribution in [3.05, 3.63) is 24.0 Å². The van der Waals surface area contributed by atoms with Crippen molar-refractivity contribution in [3.63, 3.8) is 0 Å². The normalized spacial score (nSPS) is 21.7. The molecule has 0 radical (unpaired) electrons. The molecule has 2 unspecified atom stereocenters. The van der Waals surface area contributed by atoms with Gasteiger partial charge in [-0.1, -0.05) is 6.92 Å². The molecule has 116 valence electrons. The molecule has 1 aromatic rings. The Labute approximate surface area is 125 Å². The number of carbonyl (C=O) groups excluding carboxylic acids is 1. The van der Waals surface area contributed by atoms with Gasteiger partial charge >= 0.3 is 0 Å². The molecule has 21 heavy (non-hydrogen) atoms. The Bertz CT molecular complexity index is 598. The minimum absolute atomic E-state index is 0.0202. The van der Waals surface area contributed by atoms with Gasteiger partial charge in [-0.2, -0.15) is 0 Å². The summed E-state index contributed by atoms with van der Waals surface area (Å²) in [6.07, 6.45) is 3.09. The lowest BCUT2D eigenvalue weighted by atomic mass is 10.2. The molecule has 2 atom stereocenters. The molecule has 0 spiro atoms. The van der Waals surface area contributed by atoms with Crippen molar-refractivity contribution < 1.29 is 13.2 Å². The molecule has 2 N–H and O–H groups in total. The van der Waals surface area contributed by atoms with Crippen LogP contribution < -0.4 is 10.6 Å². The van der Waals surface area contributed by atoms with E-state index in [1.165, 1.54) is 0 Å². The summed E-state index contributed by atoms with van der Waals surface area (Å²) >= 11 is 0. The molecule has 1 aromatic heterocycles. The van der Waals surface area contributed by atoms with E-state index in [4.69, 9.17) is 0 Å². The van der Waals surface area contributed by atoms with Gasteiger partial charge in [0.2, 0.25) is 0 Å². The molecule has 0 aromatic carbocycles. The molecule has 7 heteroatoms. The van der Waals surface area contributed by atoms with Gasteiger partial charge in [-0.3, -0.25) is 4.79 Å². The molecule has 1 aliphatic rings. The molecule has 2 heterocycles. The van der Waals surface area contributed by atoms with Crippen LogP contribution in [0.25, 0.3) is 0 Å². The van der Waals surface area contributed by atoms with Crippen LogP contribution in [0.2, 0.25) is 0 Å². The second kappa shape index (κ2) is 6.43. The highest BCUT2D eigenvalue weighted by Crippen LogP contribution is 2.13. The molecule has 0 saturated carbocycles. The Morgan fingerprint density at radius 2 is 2.24 bits per heavy atom. The average molecular weight is 311 g/mol. The predicted molar refractivity (Wildman–Crippen MR) is 82.1 cm³/mol. The van der Waals surface area contributed by atoms with E-state index in [1.807, 2.05) is 0 Å². The number of nitrogens with one attached hydrogen (secondary N) is 2. The highest BCUT2D eigenvalue weighted by atomic mass is 32.2. The Hall–Kier alpha value is -1.63. The molecule has 0 bridgehead atoms. The first kappa shape index (κ1) is 15.8. The van der Waals surface area contributed by atoms with Gasteiger partial charge in [0.05, 0.1) is 23.4 Å². The van der Waals surface area contributed by atoms with Gasteiger partial charge in [0.25, 0.3) is 5.91 Å². The number of pyridine rings is 1. The number of hydrogen-bond donors (Lipinski definition) is 2. The highest BCUT2D eigenvalue weighted by molar-refractivity contribution is 7.91. The highest BCUT2D eigenvalue weighted by Gasteiger charge is 2.29. The standard InChI is InChI=1S/C14H21N3O3S/c1-3-10(2)16-11-4-5-13(15-8-11)14(18)17-12-6-7-21(19,20)9-12/h4-5,8,10,12,16H,3,6-7,9H2,1-2H3,(H,17,18). The van der Waals surface area contributed by atoms with Crippen molar-refractivity contribution in [2.45, 2.75) is 38.8 Å². The van der Waals surface area contributed by atoms with E-state index in [0.29, 0.717) is 18.2 Å². The minimum atomic E-state index is -2.99. The van der Waals surface area contributed by atoms with Crippen LogP contribution in [0.1, 0.15) is 37.2 Å². The van der Waals surface area contributed by atoms with E-state index >= 15 is 0 Å². The predicted octanol–water partition coefficient (Wildman–Crippen LogP) is 1.21. The lowest BCUT2D eigenvalue weighted by Crippen LogP contribution is -2.36. The summed E-state index contributed by atoms with van der Waals surface area (Å²) in [6, 6.07) is 3.49. The summed E-state index contributed by atoms with van der Waals surface area (Å²) in [5.74, 6) is -0.164. The minimum Gasteiger partial charge on any atom is -0.381 e. The molecule has 1 saturated heterocycles. The first-order chi connectivity index (χ1) is 9.89. The zero-order valence-electron chi connectivity index (χ0n) is 12.3. The van der Waals surface area contributed by atoms with Crippen molar-refractivity contribution in [1.82, 2.24) is 10.3 Å². The van der Waals surface area contributed by atoms with Crippen molar-refractivity contribution in [3.8, 4) is 0 Å². The zero-order valence-corrected chi connectivity index (χ0v) is 13.1. The Balaban J connectivity index is 1.94. The first-order valence-corrected chi connectivity index (χ1v) is 8.95. The van der Waals surface area contributed by atoms with Gasteiger partial charge in [-0.25, -0.2) is 13.4 Å². The van der Waals surface area contributed by atoms with Crippen molar-refractivity contribution in [2.24, 2.45) is 0 Å². The lowest BCUT2D eigenvalue weighted by Gasteiger charge is -2.13. The number of hydrogen-bond acceptors (Lipinski definition) is 5. The summed E-state index contributed by atoms with van der Waals surface area (Å²) in [5, 5.41) is 5.99. The smallest absolute Gasteiger partial charge is 0.270 e. The number of nitrogens with zero attached hydrogens (tertiary/aromatic N) is 1. The molecule has 6 nitrogen and oxygen atoms in total. The fraction of sp³-hybridized carbons (Fsp3) is 0.571. The summed E-state index contributed by atoms with van der Waals surface area (Å²) < 4.78 is 22.7. The first-order valence-electron chi connectivity index (χ1n) is 7.13. The molecule has 2 rings (SSSR count). The van der Waals surface area contributed by atoms with E-state index in [9.17, 15) is 13.2 Å². The van der Waals surface area contributed by atoms with Gasteiger partial charge in [0.15, 0.2) is 9.84 Å².